The third-order valence-corrected chi connectivity index (χ3v) is 3.01. The molecule has 1 saturated heterocycles. The minimum absolute atomic E-state index is 0.114. The Kier molecular flexibility index (Phi) is 3.19. The molecule has 0 saturated carbocycles. The molecule has 0 aromatic carbocycles. The molecule has 0 radical (unpaired) electrons. The lowest BCUT2D eigenvalue weighted by molar-refractivity contribution is -0.140. The number of rotatable bonds is 3. The SMILES string of the molecule is CC1C(=O)N(CCC(C)(C)O)C(=O)C1C. The average molecular weight is 213 g/mol. The zero-order valence-corrected chi connectivity index (χ0v) is 9.78. The molecule has 0 aromatic heterocycles. The Morgan fingerprint density at radius 1 is 1.20 bits per heavy atom. The zero-order valence-electron chi connectivity index (χ0n) is 9.78. The fraction of sp³-hybridized carbons (Fsp3) is 0.818. The van der Waals surface area contributed by atoms with Crippen LogP contribution < -0.4 is 0 Å². The largest absolute Gasteiger partial charge is 0.390 e. The van der Waals surface area contributed by atoms with E-state index in [-0.39, 0.29) is 23.7 Å². The smallest absolute Gasteiger partial charge is 0.232 e. The molecule has 0 aliphatic carbocycles. The number of hydrogen-bond donors (Lipinski definition) is 1. The minimum Gasteiger partial charge on any atom is -0.390 e. The number of aliphatic hydroxyl groups is 1. The number of amides is 2. The standard InChI is InChI=1S/C11H19NO3/c1-7-8(2)10(14)12(9(7)13)6-5-11(3,4)15/h7-8,15H,5-6H2,1-4H3. The van der Waals surface area contributed by atoms with Gasteiger partial charge in [0.2, 0.25) is 11.8 Å². The highest BCUT2D eigenvalue weighted by molar-refractivity contribution is 6.04. The van der Waals surface area contributed by atoms with Crippen LogP contribution in [0.1, 0.15) is 34.1 Å². The first-order valence-electron chi connectivity index (χ1n) is 5.31. The van der Waals surface area contributed by atoms with E-state index in [9.17, 15) is 14.7 Å². The summed E-state index contributed by atoms with van der Waals surface area (Å²) >= 11 is 0. The highest BCUT2D eigenvalue weighted by Gasteiger charge is 2.42. The van der Waals surface area contributed by atoms with E-state index in [0.29, 0.717) is 13.0 Å². The zero-order chi connectivity index (χ0) is 11.8. The number of likely N-dealkylation sites (tertiary alicyclic amines) is 1. The summed E-state index contributed by atoms with van der Waals surface area (Å²) in [4.78, 5) is 24.6. The summed E-state index contributed by atoms with van der Waals surface area (Å²) in [5.74, 6) is -0.674. The van der Waals surface area contributed by atoms with Gasteiger partial charge in [0.25, 0.3) is 0 Å². The Balaban J connectivity index is 2.64. The highest BCUT2D eigenvalue weighted by Crippen LogP contribution is 2.26. The van der Waals surface area contributed by atoms with Gasteiger partial charge in [-0.1, -0.05) is 13.8 Å². The number of carbonyl (C=O) groups is 2. The monoisotopic (exact) mass is 213 g/mol. The number of hydrogen-bond acceptors (Lipinski definition) is 3. The van der Waals surface area contributed by atoms with Crippen molar-refractivity contribution in [2.24, 2.45) is 11.8 Å². The van der Waals surface area contributed by atoms with Crippen LogP contribution in [0.15, 0.2) is 0 Å². The maximum absolute atomic E-state index is 11.7. The summed E-state index contributed by atoms with van der Waals surface area (Å²) in [6, 6.07) is 0. The molecule has 4 nitrogen and oxygen atoms in total. The van der Waals surface area contributed by atoms with Gasteiger partial charge < -0.3 is 5.11 Å². The van der Waals surface area contributed by atoms with E-state index in [0.717, 1.165) is 0 Å². The quantitative estimate of drug-likeness (QED) is 0.705. The van der Waals surface area contributed by atoms with Crippen molar-refractivity contribution in [2.45, 2.75) is 39.7 Å². The van der Waals surface area contributed by atoms with Crippen molar-refractivity contribution < 1.29 is 14.7 Å². The van der Waals surface area contributed by atoms with Gasteiger partial charge in [0.15, 0.2) is 0 Å². The van der Waals surface area contributed by atoms with Gasteiger partial charge in [0, 0.05) is 18.4 Å². The van der Waals surface area contributed by atoms with Crippen molar-refractivity contribution in [2.75, 3.05) is 6.54 Å². The van der Waals surface area contributed by atoms with E-state index in [1.165, 1.54) is 4.90 Å². The van der Waals surface area contributed by atoms with Crippen LogP contribution in [0.25, 0.3) is 0 Å². The van der Waals surface area contributed by atoms with Crippen LogP contribution in [0.2, 0.25) is 0 Å². The third kappa shape index (κ3) is 2.56. The van der Waals surface area contributed by atoms with Crippen LogP contribution in [-0.2, 0) is 9.59 Å². The molecule has 86 valence electrons. The average Bonchev–Trinajstić information content (AvgIpc) is 2.28. The van der Waals surface area contributed by atoms with Crippen molar-refractivity contribution >= 4 is 11.8 Å². The van der Waals surface area contributed by atoms with Gasteiger partial charge >= 0.3 is 0 Å². The molecule has 1 heterocycles. The van der Waals surface area contributed by atoms with E-state index < -0.39 is 5.60 Å². The van der Waals surface area contributed by atoms with Crippen molar-refractivity contribution in [3.63, 3.8) is 0 Å². The predicted octanol–water partition coefficient (Wildman–Crippen LogP) is 0.788. The van der Waals surface area contributed by atoms with E-state index in [4.69, 9.17) is 0 Å². The third-order valence-electron chi connectivity index (χ3n) is 3.01. The normalized spacial score (nSPS) is 27.7. The summed E-state index contributed by atoms with van der Waals surface area (Å²) in [5, 5.41) is 9.53. The van der Waals surface area contributed by atoms with E-state index >= 15 is 0 Å². The molecule has 1 aliphatic rings. The van der Waals surface area contributed by atoms with Crippen LogP contribution in [-0.4, -0.2) is 34.0 Å². The summed E-state index contributed by atoms with van der Waals surface area (Å²) in [5.41, 5.74) is -0.838. The molecule has 1 rings (SSSR count). The number of carbonyl (C=O) groups excluding carboxylic acids is 2. The van der Waals surface area contributed by atoms with Crippen LogP contribution in [0.3, 0.4) is 0 Å². The molecule has 0 spiro atoms. The molecule has 2 amide bonds. The summed E-state index contributed by atoms with van der Waals surface area (Å²) in [7, 11) is 0. The van der Waals surface area contributed by atoms with Crippen molar-refractivity contribution in [3.05, 3.63) is 0 Å². The lowest BCUT2D eigenvalue weighted by atomic mass is 10.00. The molecule has 2 atom stereocenters. The molecule has 2 unspecified atom stereocenters. The summed E-state index contributed by atoms with van der Waals surface area (Å²) in [6.45, 7) is 7.20. The molecular formula is C11H19NO3. The van der Waals surface area contributed by atoms with Gasteiger partial charge in [-0.05, 0) is 20.3 Å². The molecule has 1 N–H and O–H groups in total. The summed E-state index contributed by atoms with van der Waals surface area (Å²) in [6.07, 6.45) is 0.421. The Labute approximate surface area is 90.3 Å². The maximum atomic E-state index is 11.7. The van der Waals surface area contributed by atoms with E-state index in [2.05, 4.69) is 0 Å². The van der Waals surface area contributed by atoms with Gasteiger partial charge in [-0.15, -0.1) is 0 Å². The molecule has 4 heteroatoms. The van der Waals surface area contributed by atoms with Crippen LogP contribution in [0, 0.1) is 11.8 Å². The van der Waals surface area contributed by atoms with Gasteiger partial charge in [0.05, 0.1) is 5.60 Å². The van der Waals surface area contributed by atoms with Gasteiger partial charge in [-0.2, -0.15) is 0 Å². The second kappa shape index (κ2) is 3.93. The Hall–Kier alpha value is -0.900. The molecule has 1 aliphatic heterocycles. The first kappa shape index (κ1) is 12.2. The first-order chi connectivity index (χ1) is 6.74. The van der Waals surface area contributed by atoms with Crippen LogP contribution in [0.4, 0.5) is 0 Å². The van der Waals surface area contributed by atoms with E-state index in [1.807, 2.05) is 0 Å². The number of nitrogens with zero attached hydrogens (tertiary/aromatic N) is 1. The maximum Gasteiger partial charge on any atom is 0.232 e. The van der Waals surface area contributed by atoms with E-state index in [1.54, 1.807) is 27.7 Å². The number of imide groups is 1. The lowest BCUT2D eigenvalue weighted by Gasteiger charge is -2.21. The summed E-state index contributed by atoms with van der Waals surface area (Å²) < 4.78 is 0. The fourth-order valence-corrected chi connectivity index (χ4v) is 1.63. The van der Waals surface area contributed by atoms with Crippen molar-refractivity contribution in [3.8, 4) is 0 Å². The highest BCUT2D eigenvalue weighted by atomic mass is 16.3. The second-order valence-electron chi connectivity index (χ2n) is 4.97. The topological polar surface area (TPSA) is 57.6 Å². The Morgan fingerprint density at radius 2 is 1.60 bits per heavy atom. The Morgan fingerprint density at radius 3 is 1.93 bits per heavy atom. The van der Waals surface area contributed by atoms with Crippen LogP contribution >= 0.6 is 0 Å². The predicted molar refractivity (Wildman–Crippen MR) is 56.0 cm³/mol. The molecular weight excluding hydrogens is 194 g/mol. The van der Waals surface area contributed by atoms with Crippen molar-refractivity contribution in [1.29, 1.82) is 0 Å². The lowest BCUT2D eigenvalue weighted by Crippen LogP contribution is -2.35. The van der Waals surface area contributed by atoms with Gasteiger partial charge in [0.1, 0.15) is 0 Å². The molecule has 1 fully saturated rings. The molecule has 15 heavy (non-hydrogen) atoms. The molecule has 0 bridgehead atoms. The minimum atomic E-state index is -0.838. The second-order valence-corrected chi connectivity index (χ2v) is 4.97. The van der Waals surface area contributed by atoms with Gasteiger partial charge in [-0.3, -0.25) is 14.5 Å². The molecule has 0 aromatic rings. The van der Waals surface area contributed by atoms with Crippen molar-refractivity contribution in [1.82, 2.24) is 4.90 Å². The fourth-order valence-electron chi connectivity index (χ4n) is 1.63. The van der Waals surface area contributed by atoms with Crippen LogP contribution in [0.5, 0.6) is 0 Å². The van der Waals surface area contributed by atoms with Gasteiger partial charge in [-0.25, -0.2) is 0 Å². The first-order valence-corrected chi connectivity index (χ1v) is 5.31. The Bertz CT molecular complexity index is 260.